The van der Waals surface area contributed by atoms with Gasteiger partial charge in [-0.2, -0.15) is 0 Å². The van der Waals surface area contributed by atoms with Crippen LogP contribution in [0.15, 0.2) is 30.3 Å². The van der Waals surface area contributed by atoms with Crippen LogP contribution in [0.4, 0.5) is 5.69 Å². The Bertz CT molecular complexity index is 488. The molecule has 2 amide bonds. The Kier molecular flexibility index (Phi) is 5.33. The standard InChI is InChI=1S/C16H23N3O2/c1-18(2)16(21)14-9-6-11-19(14)12-10-15(20)17-13-7-4-3-5-8-13/h3-5,7-8,14H,6,9-12H2,1-2H3,(H,17,20)/t14-/m0/s1. The van der Waals surface area contributed by atoms with Gasteiger partial charge in [-0.25, -0.2) is 0 Å². The second-order valence-corrected chi connectivity index (χ2v) is 5.59. The molecule has 1 fully saturated rings. The average Bonchev–Trinajstić information content (AvgIpc) is 2.93. The highest BCUT2D eigenvalue weighted by molar-refractivity contribution is 5.90. The summed E-state index contributed by atoms with van der Waals surface area (Å²) in [7, 11) is 3.56. The normalized spacial score (nSPS) is 18.5. The Morgan fingerprint density at radius 1 is 1.29 bits per heavy atom. The number of likely N-dealkylation sites (tertiary alicyclic amines) is 1. The van der Waals surface area contributed by atoms with Crippen molar-refractivity contribution in [2.45, 2.75) is 25.3 Å². The minimum absolute atomic E-state index is 0.0100. The molecule has 1 aromatic carbocycles. The van der Waals surface area contributed by atoms with Crippen molar-refractivity contribution in [1.29, 1.82) is 0 Å². The lowest BCUT2D eigenvalue weighted by molar-refractivity contribution is -0.133. The topological polar surface area (TPSA) is 52.7 Å². The molecule has 0 unspecified atom stereocenters. The lowest BCUT2D eigenvalue weighted by atomic mass is 10.2. The van der Waals surface area contributed by atoms with Gasteiger partial charge >= 0.3 is 0 Å². The first kappa shape index (κ1) is 15.5. The number of rotatable bonds is 5. The molecule has 5 nitrogen and oxygen atoms in total. The molecule has 1 aliphatic heterocycles. The third-order valence-corrected chi connectivity index (χ3v) is 3.77. The van der Waals surface area contributed by atoms with Crippen LogP contribution >= 0.6 is 0 Å². The largest absolute Gasteiger partial charge is 0.347 e. The smallest absolute Gasteiger partial charge is 0.239 e. The molecule has 114 valence electrons. The number of anilines is 1. The Labute approximate surface area is 125 Å². The van der Waals surface area contributed by atoms with E-state index in [1.807, 2.05) is 30.3 Å². The van der Waals surface area contributed by atoms with Crippen molar-refractivity contribution in [2.24, 2.45) is 0 Å². The minimum Gasteiger partial charge on any atom is -0.347 e. The average molecular weight is 289 g/mol. The predicted molar refractivity (Wildman–Crippen MR) is 83.0 cm³/mol. The highest BCUT2D eigenvalue weighted by Crippen LogP contribution is 2.19. The maximum atomic E-state index is 12.1. The van der Waals surface area contributed by atoms with Gasteiger partial charge in [0.2, 0.25) is 11.8 Å². The molecule has 1 saturated heterocycles. The molecule has 21 heavy (non-hydrogen) atoms. The van der Waals surface area contributed by atoms with Crippen LogP contribution in [0, 0.1) is 0 Å². The zero-order chi connectivity index (χ0) is 15.2. The number of amides is 2. The maximum Gasteiger partial charge on any atom is 0.239 e. The summed E-state index contributed by atoms with van der Waals surface area (Å²) in [5.41, 5.74) is 0.810. The van der Waals surface area contributed by atoms with E-state index in [9.17, 15) is 9.59 Å². The van der Waals surface area contributed by atoms with Gasteiger partial charge in [-0.05, 0) is 31.5 Å². The summed E-state index contributed by atoms with van der Waals surface area (Å²) >= 11 is 0. The Hall–Kier alpha value is -1.88. The first-order valence-corrected chi connectivity index (χ1v) is 7.38. The fourth-order valence-corrected chi connectivity index (χ4v) is 2.66. The molecule has 0 bridgehead atoms. The quantitative estimate of drug-likeness (QED) is 0.895. The minimum atomic E-state index is -0.0653. The van der Waals surface area contributed by atoms with Crippen molar-refractivity contribution in [1.82, 2.24) is 9.80 Å². The van der Waals surface area contributed by atoms with Crippen LogP contribution in [-0.4, -0.2) is 54.8 Å². The number of nitrogens with zero attached hydrogens (tertiary/aromatic N) is 2. The van der Waals surface area contributed by atoms with Crippen LogP contribution in [0.3, 0.4) is 0 Å². The molecular weight excluding hydrogens is 266 g/mol. The molecular formula is C16H23N3O2. The Morgan fingerprint density at radius 3 is 2.67 bits per heavy atom. The second-order valence-electron chi connectivity index (χ2n) is 5.59. The van der Waals surface area contributed by atoms with Crippen LogP contribution in [0.1, 0.15) is 19.3 Å². The first-order chi connectivity index (χ1) is 10.1. The number of nitrogens with one attached hydrogen (secondary N) is 1. The number of carbonyl (C=O) groups is 2. The van der Waals surface area contributed by atoms with Crippen LogP contribution in [0.2, 0.25) is 0 Å². The third kappa shape index (κ3) is 4.29. The van der Waals surface area contributed by atoms with E-state index < -0.39 is 0 Å². The van der Waals surface area contributed by atoms with Crippen molar-refractivity contribution >= 4 is 17.5 Å². The van der Waals surface area contributed by atoms with Gasteiger partial charge in [0.1, 0.15) is 0 Å². The van der Waals surface area contributed by atoms with E-state index in [2.05, 4.69) is 10.2 Å². The summed E-state index contributed by atoms with van der Waals surface area (Å²) in [5, 5.41) is 2.87. The molecule has 0 saturated carbocycles. The molecule has 1 aromatic rings. The van der Waals surface area contributed by atoms with Gasteiger partial charge in [0.25, 0.3) is 0 Å². The maximum absolute atomic E-state index is 12.1. The summed E-state index contributed by atoms with van der Waals surface area (Å²) in [5.74, 6) is 0.125. The zero-order valence-electron chi connectivity index (χ0n) is 12.7. The molecule has 1 atom stereocenters. The van der Waals surface area contributed by atoms with E-state index in [0.29, 0.717) is 13.0 Å². The molecule has 0 radical (unpaired) electrons. The van der Waals surface area contributed by atoms with Crippen LogP contribution in [0.5, 0.6) is 0 Å². The van der Waals surface area contributed by atoms with Gasteiger partial charge in [-0.3, -0.25) is 14.5 Å². The van der Waals surface area contributed by atoms with Gasteiger partial charge in [-0.15, -0.1) is 0 Å². The molecule has 5 heteroatoms. The number of para-hydroxylation sites is 1. The number of hydrogen-bond donors (Lipinski definition) is 1. The van der Waals surface area contributed by atoms with E-state index in [4.69, 9.17) is 0 Å². The highest BCUT2D eigenvalue weighted by Gasteiger charge is 2.31. The van der Waals surface area contributed by atoms with Crippen molar-refractivity contribution in [3.63, 3.8) is 0 Å². The fourth-order valence-electron chi connectivity index (χ4n) is 2.66. The number of carbonyl (C=O) groups excluding carboxylic acids is 2. The van der Waals surface area contributed by atoms with E-state index in [0.717, 1.165) is 25.1 Å². The van der Waals surface area contributed by atoms with Gasteiger partial charge in [-0.1, -0.05) is 18.2 Å². The summed E-state index contributed by atoms with van der Waals surface area (Å²) in [4.78, 5) is 27.8. The Morgan fingerprint density at radius 2 is 2.00 bits per heavy atom. The molecule has 0 spiro atoms. The Balaban J connectivity index is 1.82. The number of benzene rings is 1. The van der Waals surface area contributed by atoms with E-state index in [1.165, 1.54) is 0 Å². The second kappa shape index (κ2) is 7.22. The zero-order valence-corrected chi connectivity index (χ0v) is 12.7. The number of hydrogen-bond acceptors (Lipinski definition) is 3. The summed E-state index contributed by atoms with van der Waals surface area (Å²) < 4.78 is 0. The van der Waals surface area contributed by atoms with Crippen molar-refractivity contribution in [2.75, 3.05) is 32.5 Å². The SMILES string of the molecule is CN(C)C(=O)[C@@H]1CCCN1CCC(=O)Nc1ccccc1. The molecule has 0 aromatic heterocycles. The molecule has 0 aliphatic carbocycles. The van der Waals surface area contributed by atoms with E-state index in [1.54, 1.807) is 19.0 Å². The monoisotopic (exact) mass is 289 g/mol. The molecule has 1 aliphatic rings. The highest BCUT2D eigenvalue weighted by atomic mass is 16.2. The van der Waals surface area contributed by atoms with E-state index >= 15 is 0 Å². The van der Waals surface area contributed by atoms with Crippen molar-refractivity contribution < 1.29 is 9.59 Å². The van der Waals surface area contributed by atoms with Gasteiger partial charge < -0.3 is 10.2 Å². The van der Waals surface area contributed by atoms with Gasteiger partial charge in [0.15, 0.2) is 0 Å². The lowest BCUT2D eigenvalue weighted by Crippen LogP contribution is -2.43. The molecule has 1 N–H and O–H groups in total. The summed E-state index contributed by atoms with van der Waals surface area (Å²) in [6.45, 7) is 1.52. The van der Waals surface area contributed by atoms with Crippen LogP contribution in [0.25, 0.3) is 0 Å². The fraction of sp³-hybridized carbons (Fsp3) is 0.500. The summed E-state index contributed by atoms with van der Waals surface area (Å²) in [6, 6.07) is 9.36. The number of likely N-dealkylation sites (N-methyl/N-ethyl adjacent to an activating group) is 1. The third-order valence-electron chi connectivity index (χ3n) is 3.77. The van der Waals surface area contributed by atoms with E-state index in [-0.39, 0.29) is 17.9 Å². The van der Waals surface area contributed by atoms with Crippen LogP contribution < -0.4 is 5.32 Å². The predicted octanol–water partition coefficient (Wildman–Crippen LogP) is 1.57. The van der Waals surface area contributed by atoms with Crippen molar-refractivity contribution in [3.8, 4) is 0 Å². The lowest BCUT2D eigenvalue weighted by Gasteiger charge is -2.25. The van der Waals surface area contributed by atoms with Gasteiger partial charge in [0, 0.05) is 32.7 Å². The molecule has 2 rings (SSSR count). The first-order valence-electron chi connectivity index (χ1n) is 7.38. The molecule has 1 heterocycles. The van der Waals surface area contributed by atoms with Gasteiger partial charge in [0.05, 0.1) is 6.04 Å². The summed E-state index contributed by atoms with van der Waals surface area (Å²) in [6.07, 6.45) is 2.31. The van der Waals surface area contributed by atoms with Crippen molar-refractivity contribution in [3.05, 3.63) is 30.3 Å². The van der Waals surface area contributed by atoms with Crippen LogP contribution in [-0.2, 0) is 9.59 Å².